The maximum atomic E-state index is 5.49. The lowest BCUT2D eigenvalue weighted by Gasteiger charge is -2.01. The van der Waals surface area contributed by atoms with Crippen molar-refractivity contribution >= 4 is 11.4 Å². The fourth-order valence-electron chi connectivity index (χ4n) is 0.720. The van der Waals surface area contributed by atoms with Crippen LogP contribution in [0.3, 0.4) is 0 Å². The van der Waals surface area contributed by atoms with Gasteiger partial charge < -0.3 is 5.73 Å². The Hall–Kier alpha value is -1.22. The molecule has 0 atom stereocenters. The molecule has 1 aromatic carbocycles. The van der Waals surface area contributed by atoms with E-state index in [0.29, 0.717) is 0 Å². The summed E-state index contributed by atoms with van der Waals surface area (Å²) in [5, 5.41) is 0. The summed E-state index contributed by atoms with van der Waals surface area (Å²) >= 11 is 0. The summed E-state index contributed by atoms with van der Waals surface area (Å²) in [7, 11) is 1.56. The van der Waals surface area contributed by atoms with E-state index in [0.717, 1.165) is 11.4 Å². The summed E-state index contributed by atoms with van der Waals surface area (Å²) in [6, 6.07) is 7.35. The predicted octanol–water partition coefficient (Wildman–Crippen LogP) is 2.27. The third-order valence-electron chi connectivity index (χ3n) is 1.11. The van der Waals surface area contributed by atoms with E-state index < -0.39 is 0 Å². The highest BCUT2D eigenvalue weighted by Gasteiger charge is 1.88. The zero-order valence-electron chi connectivity index (χ0n) is 7.79. The maximum absolute atomic E-state index is 5.49. The van der Waals surface area contributed by atoms with Gasteiger partial charge in [0, 0.05) is 5.69 Å². The van der Waals surface area contributed by atoms with Gasteiger partial charge in [-0.25, -0.2) is 0 Å². The monoisotopic (exact) mass is 168 g/mol. The van der Waals surface area contributed by atoms with Gasteiger partial charge >= 0.3 is 0 Å². The van der Waals surface area contributed by atoms with Crippen molar-refractivity contribution in [2.45, 2.75) is 13.8 Å². The van der Waals surface area contributed by atoms with E-state index in [-0.39, 0.29) is 0 Å². The molecule has 0 aromatic heterocycles. The van der Waals surface area contributed by atoms with Gasteiger partial charge in [-0.05, 0) is 18.2 Å². The van der Waals surface area contributed by atoms with E-state index in [2.05, 4.69) is 10.3 Å². The van der Waals surface area contributed by atoms with Crippen LogP contribution >= 0.6 is 0 Å². The fourth-order valence-corrected chi connectivity index (χ4v) is 0.720. The van der Waals surface area contributed by atoms with Crippen LogP contribution in [0.4, 0.5) is 11.4 Å². The van der Waals surface area contributed by atoms with E-state index >= 15 is 0 Å². The van der Waals surface area contributed by atoms with Crippen molar-refractivity contribution in [2.24, 2.45) is 0 Å². The van der Waals surface area contributed by atoms with Crippen molar-refractivity contribution in [3.05, 3.63) is 24.3 Å². The molecule has 0 aliphatic carbocycles. The van der Waals surface area contributed by atoms with Crippen molar-refractivity contribution in [3.8, 4) is 0 Å². The summed E-state index contributed by atoms with van der Waals surface area (Å²) < 4.78 is 0. The van der Waals surface area contributed by atoms with Crippen LogP contribution in [-0.4, -0.2) is 7.11 Å². The van der Waals surface area contributed by atoms with E-state index in [1.54, 1.807) is 13.2 Å². The first-order chi connectivity index (χ1) is 5.83. The van der Waals surface area contributed by atoms with Crippen LogP contribution in [0.2, 0.25) is 0 Å². The molecule has 0 saturated carbocycles. The lowest BCUT2D eigenvalue weighted by molar-refractivity contribution is 0.271. The number of nitrogens with one attached hydrogen (secondary N) is 1. The molecule has 0 unspecified atom stereocenters. The van der Waals surface area contributed by atoms with Crippen LogP contribution in [0.1, 0.15) is 13.8 Å². The molecule has 3 heteroatoms. The Kier molecular flexibility index (Phi) is 5.83. The standard InChI is InChI=1S/C7H10N2O.C2H6/c1-10-9-7-4-2-3-6(8)5-7;1-2/h2-5,9H,8H2,1H3;1-2H3. The quantitative estimate of drug-likeness (QED) is 0.526. The van der Waals surface area contributed by atoms with Crippen LogP contribution < -0.4 is 11.2 Å². The Morgan fingerprint density at radius 3 is 2.50 bits per heavy atom. The number of nitrogen functional groups attached to an aromatic ring is 1. The first kappa shape index (κ1) is 10.8. The minimum Gasteiger partial charge on any atom is -0.399 e. The molecule has 12 heavy (non-hydrogen) atoms. The minimum absolute atomic E-state index is 0.724. The summed E-state index contributed by atoms with van der Waals surface area (Å²) in [6.07, 6.45) is 0. The third kappa shape index (κ3) is 3.83. The van der Waals surface area contributed by atoms with E-state index in [1.165, 1.54) is 0 Å². The molecule has 0 bridgehead atoms. The predicted molar refractivity (Wildman–Crippen MR) is 52.8 cm³/mol. The molecule has 0 aliphatic heterocycles. The third-order valence-corrected chi connectivity index (χ3v) is 1.11. The van der Waals surface area contributed by atoms with E-state index in [4.69, 9.17) is 5.73 Å². The zero-order valence-corrected chi connectivity index (χ0v) is 7.79. The molecule has 0 heterocycles. The Balaban J connectivity index is 0.000000561. The Labute approximate surface area is 73.5 Å². The molecule has 1 rings (SSSR count). The second-order valence-corrected chi connectivity index (χ2v) is 1.93. The number of benzene rings is 1. The highest BCUT2D eigenvalue weighted by Crippen LogP contribution is 2.10. The van der Waals surface area contributed by atoms with Crippen molar-refractivity contribution in [3.63, 3.8) is 0 Å². The summed E-state index contributed by atoms with van der Waals surface area (Å²) in [5.74, 6) is 0. The number of hydrogen-bond donors (Lipinski definition) is 2. The topological polar surface area (TPSA) is 47.3 Å². The minimum atomic E-state index is 0.724. The normalized spacial score (nSPS) is 8.25. The number of rotatable bonds is 2. The van der Waals surface area contributed by atoms with Crippen LogP contribution in [0.15, 0.2) is 24.3 Å². The second kappa shape index (κ2) is 6.49. The van der Waals surface area contributed by atoms with Gasteiger partial charge in [0.05, 0.1) is 12.8 Å². The van der Waals surface area contributed by atoms with E-state index in [1.807, 2.05) is 32.0 Å². The van der Waals surface area contributed by atoms with Crippen molar-refractivity contribution in [1.29, 1.82) is 0 Å². The molecule has 0 fully saturated rings. The average molecular weight is 168 g/mol. The summed E-state index contributed by atoms with van der Waals surface area (Å²) in [5.41, 5.74) is 9.75. The smallest absolute Gasteiger partial charge is 0.0636 e. The lowest BCUT2D eigenvalue weighted by atomic mass is 10.3. The summed E-state index contributed by atoms with van der Waals surface area (Å²) in [4.78, 5) is 4.68. The fraction of sp³-hybridized carbons (Fsp3) is 0.333. The molecule has 68 valence electrons. The lowest BCUT2D eigenvalue weighted by Crippen LogP contribution is -1.95. The van der Waals surface area contributed by atoms with Gasteiger partial charge in [-0.2, -0.15) is 0 Å². The van der Waals surface area contributed by atoms with Crippen molar-refractivity contribution < 1.29 is 4.84 Å². The van der Waals surface area contributed by atoms with Crippen molar-refractivity contribution in [2.75, 3.05) is 18.3 Å². The van der Waals surface area contributed by atoms with Gasteiger partial charge in [-0.1, -0.05) is 19.9 Å². The molecular formula is C9H16N2O. The van der Waals surface area contributed by atoms with Crippen LogP contribution in [0, 0.1) is 0 Å². The number of hydrogen-bond acceptors (Lipinski definition) is 3. The maximum Gasteiger partial charge on any atom is 0.0636 e. The first-order valence-electron chi connectivity index (χ1n) is 3.97. The summed E-state index contributed by atoms with van der Waals surface area (Å²) in [6.45, 7) is 4.00. The second-order valence-electron chi connectivity index (χ2n) is 1.93. The van der Waals surface area contributed by atoms with Crippen LogP contribution in [0.25, 0.3) is 0 Å². The van der Waals surface area contributed by atoms with Gasteiger partial charge in [0.2, 0.25) is 0 Å². The average Bonchev–Trinajstić information content (AvgIpc) is 2.09. The molecular weight excluding hydrogens is 152 g/mol. The number of anilines is 2. The molecule has 0 saturated heterocycles. The highest BCUT2D eigenvalue weighted by molar-refractivity contribution is 5.52. The molecule has 0 spiro atoms. The molecule has 0 aliphatic rings. The first-order valence-corrected chi connectivity index (χ1v) is 3.97. The Bertz CT molecular complexity index is 213. The van der Waals surface area contributed by atoms with Crippen LogP contribution in [0.5, 0.6) is 0 Å². The molecule has 3 nitrogen and oxygen atoms in total. The van der Waals surface area contributed by atoms with Gasteiger partial charge in [-0.3, -0.25) is 10.3 Å². The molecule has 3 N–H and O–H groups in total. The van der Waals surface area contributed by atoms with Crippen molar-refractivity contribution in [1.82, 2.24) is 0 Å². The molecule has 1 aromatic rings. The van der Waals surface area contributed by atoms with Gasteiger partial charge in [0.1, 0.15) is 0 Å². The van der Waals surface area contributed by atoms with E-state index in [9.17, 15) is 0 Å². The largest absolute Gasteiger partial charge is 0.399 e. The van der Waals surface area contributed by atoms with Gasteiger partial charge in [0.25, 0.3) is 0 Å². The van der Waals surface area contributed by atoms with Gasteiger partial charge in [0.15, 0.2) is 0 Å². The highest BCUT2D eigenvalue weighted by atomic mass is 16.6. The molecule has 0 radical (unpaired) electrons. The Morgan fingerprint density at radius 1 is 1.33 bits per heavy atom. The van der Waals surface area contributed by atoms with Crippen LogP contribution in [-0.2, 0) is 4.84 Å². The molecule has 0 amide bonds. The SMILES string of the molecule is CC.CONc1cccc(N)c1. The zero-order chi connectivity index (χ0) is 9.40. The number of nitrogens with two attached hydrogens (primary N) is 1. The van der Waals surface area contributed by atoms with Gasteiger partial charge in [-0.15, -0.1) is 0 Å². The Morgan fingerprint density at radius 2 is 2.00 bits per heavy atom.